The number of amides is 1. The molecule has 0 radical (unpaired) electrons. The lowest BCUT2D eigenvalue weighted by atomic mass is 9.90. The molecule has 0 bridgehead atoms. The number of anilines is 1. The van der Waals surface area contributed by atoms with E-state index in [0.29, 0.717) is 58.7 Å². The molecule has 10 heteroatoms. The minimum atomic E-state index is -0.779. The summed E-state index contributed by atoms with van der Waals surface area (Å²) in [6, 6.07) is 3.10. The van der Waals surface area contributed by atoms with E-state index in [-0.39, 0.29) is 11.9 Å². The second-order valence-corrected chi connectivity index (χ2v) is 9.09. The van der Waals surface area contributed by atoms with E-state index in [1.807, 2.05) is 34.6 Å². The Balaban J connectivity index is 0.00000176. The summed E-state index contributed by atoms with van der Waals surface area (Å²) >= 11 is 0. The van der Waals surface area contributed by atoms with Gasteiger partial charge in [0.1, 0.15) is 5.60 Å². The largest absolute Gasteiger partial charge is 0.444 e. The van der Waals surface area contributed by atoms with Crippen molar-refractivity contribution in [3.8, 4) is 0 Å². The van der Waals surface area contributed by atoms with Gasteiger partial charge in [0.2, 0.25) is 0 Å². The fourth-order valence-corrected chi connectivity index (χ4v) is 3.84. The van der Waals surface area contributed by atoms with Crippen LogP contribution in [0.3, 0.4) is 0 Å². The van der Waals surface area contributed by atoms with E-state index >= 15 is 0 Å². The van der Waals surface area contributed by atoms with Crippen LogP contribution in [-0.2, 0) is 4.74 Å². The summed E-state index contributed by atoms with van der Waals surface area (Å²) in [6.07, 6.45) is 2.44. The predicted molar refractivity (Wildman–Crippen MR) is 123 cm³/mol. The first-order valence-corrected chi connectivity index (χ1v) is 11.3. The maximum Gasteiger partial charge on any atom is 0.410 e. The van der Waals surface area contributed by atoms with Crippen molar-refractivity contribution in [3.05, 3.63) is 28.4 Å². The van der Waals surface area contributed by atoms with Crippen LogP contribution in [0.4, 0.5) is 16.3 Å². The average molecular weight is 452 g/mol. The zero-order chi connectivity index (χ0) is 23.9. The van der Waals surface area contributed by atoms with Crippen molar-refractivity contribution in [2.45, 2.75) is 58.7 Å². The lowest BCUT2D eigenvalue weighted by Crippen LogP contribution is -2.56. The number of rotatable bonds is 4. The van der Waals surface area contributed by atoms with Crippen molar-refractivity contribution >= 4 is 17.6 Å². The number of piperidine rings is 1. The standard InChI is InChI=1S/C20H31N5O5.C2H6/c1-19(2,3)30-18(26)24-12-10-22(11-13-24)15-20(27)6-8-23(9-7-20)16-4-5-17(21-14-16)25(28)29;1-2/h4-5,14,27H,6-13,15H2,1-3H3;1-2H3. The van der Waals surface area contributed by atoms with E-state index in [2.05, 4.69) is 14.8 Å². The van der Waals surface area contributed by atoms with Gasteiger partial charge in [0.05, 0.1) is 11.3 Å². The summed E-state index contributed by atoms with van der Waals surface area (Å²) in [5, 5.41) is 21.8. The van der Waals surface area contributed by atoms with Crippen molar-refractivity contribution in [1.82, 2.24) is 14.8 Å². The quantitative estimate of drug-likeness (QED) is 0.549. The molecule has 0 atom stereocenters. The Morgan fingerprint density at radius 2 is 1.75 bits per heavy atom. The van der Waals surface area contributed by atoms with Crippen molar-refractivity contribution in [3.63, 3.8) is 0 Å². The molecular formula is C22H37N5O5. The van der Waals surface area contributed by atoms with Gasteiger partial charge in [0.25, 0.3) is 0 Å². The van der Waals surface area contributed by atoms with Crippen LogP contribution in [0.1, 0.15) is 47.5 Å². The Labute approximate surface area is 190 Å². The number of nitro groups is 1. The van der Waals surface area contributed by atoms with E-state index in [4.69, 9.17) is 4.74 Å². The van der Waals surface area contributed by atoms with Crippen LogP contribution < -0.4 is 4.90 Å². The average Bonchev–Trinajstić information content (AvgIpc) is 2.75. The van der Waals surface area contributed by atoms with Crippen LogP contribution in [-0.4, -0.2) is 87.9 Å². The molecule has 2 aliphatic heterocycles. The summed E-state index contributed by atoms with van der Waals surface area (Å²) < 4.78 is 5.43. The first kappa shape index (κ1) is 25.8. The molecule has 0 spiro atoms. The number of β-amino-alcohol motifs (C(OH)–C–C–N with tert-alkyl or cyclic N) is 1. The van der Waals surface area contributed by atoms with Crippen molar-refractivity contribution < 1.29 is 19.6 Å². The first-order chi connectivity index (χ1) is 15.0. The molecule has 32 heavy (non-hydrogen) atoms. The summed E-state index contributed by atoms with van der Waals surface area (Å²) in [6.45, 7) is 14.1. The number of hydrogen-bond acceptors (Lipinski definition) is 8. The van der Waals surface area contributed by atoms with E-state index in [9.17, 15) is 20.0 Å². The van der Waals surface area contributed by atoms with Crippen LogP contribution in [0.15, 0.2) is 18.3 Å². The van der Waals surface area contributed by atoms with Gasteiger partial charge >= 0.3 is 11.9 Å². The maximum atomic E-state index is 12.2. The highest BCUT2D eigenvalue weighted by Crippen LogP contribution is 2.28. The molecule has 1 N–H and O–H groups in total. The zero-order valence-electron chi connectivity index (χ0n) is 19.9. The topological polar surface area (TPSA) is 112 Å². The molecule has 3 rings (SSSR count). The van der Waals surface area contributed by atoms with Crippen LogP contribution >= 0.6 is 0 Å². The molecule has 0 unspecified atom stereocenters. The van der Waals surface area contributed by atoms with E-state index in [1.54, 1.807) is 11.0 Å². The Hall–Kier alpha value is -2.46. The molecule has 2 saturated heterocycles. The predicted octanol–water partition coefficient (Wildman–Crippen LogP) is 2.90. The Kier molecular flexibility index (Phi) is 8.80. The molecule has 0 saturated carbocycles. The molecule has 1 aromatic rings. The third-order valence-electron chi connectivity index (χ3n) is 5.52. The van der Waals surface area contributed by atoms with Gasteiger partial charge in [-0.15, -0.1) is 0 Å². The van der Waals surface area contributed by atoms with Gasteiger partial charge in [-0.1, -0.05) is 13.8 Å². The third kappa shape index (κ3) is 7.30. The van der Waals surface area contributed by atoms with Crippen molar-refractivity contribution in [2.75, 3.05) is 50.7 Å². The minimum Gasteiger partial charge on any atom is -0.444 e. The Bertz CT molecular complexity index is 749. The fraction of sp³-hybridized carbons (Fsp3) is 0.727. The number of aliphatic hydroxyl groups is 1. The summed E-state index contributed by atoms with van der Waals surface area (Å²) in [5.41, 5.74) is -0.455. The Morgan fingerprint density at radius 1 is 1.16 bits per heavy atom. The second-order valence-electron chi connectivity index (χ2n) is 9.09. The molecule has 3 heterocycles. The summed E-state index contributed by atoms with van der Waals surface area (Å²) in [5.74, 6) is -0.169. The lowest BCUT2D eigenvalue weighted by Gasteiger charge is -2.43. The molecule has 0 aromatic carbocycles. The second kappa shape index (κ2) is 10.9. The van der Waals surface area contributed by atoms with Crippen LogP contribution in [0.5, 0.6) is 0 Å². The lowest BCUT2D eigenvalue weighted by molar-refractivity contribution is -0.389. The van der Waals surface area contributed by atoms with E-state index < -0.39 is 16.1 Å². The van der Waals surface area contributed by atoms with Gasteiger partial charge < -0.3 is 29.8 Å². The maximum absolute atomic E-state index is 12.2. The molecule has 2 fully saturated rings. The molecule has 1 amide bonds. The monoisotopic (exact) mass is 451 g/mol. The number of ether oxygens (including phenoxy) is 1. The van der Waals surface area contributed by atoms with Gasteiger partial charge in [-0.3, -0.25) is 4.90 Å². The fourth-order valence-electron chi connectivity index (χ4n) is 3.84. The zero-order valence-corrected chi connectivity index (χ0v) is 19.9. The van der Waals surface area contributed by atoms with Crippen LogP contribution in [0.25, 0.3) is 0 Å². The number of piperazine rings is 1. The smallest absolute Gasteiger partial charge is 0.410 e. The number of carbonyl (C=O) groups is 1. The summed E-state index contributed by atoms with van der Waals surface area (Å²) in [7, 11) is 0. The van der Waals surface area contributed by atoms with Gasteiger partial charge in [-0.2, -0.15) is 0 Å². The van der Waals surface area contributed by atoms with E-state index in [1.165, 1.54) is 12.3 Å². The highest BCUT2D eigenvalue weighted by Gasteiger charge is 2.36. The SMILES string of the molecule is CC.CC(C)(C)OC(=O)N1CCN(CC2(O)CCN(c3ccc([N+](=O)[O-])nc3)CC2)CC1. The highest BCUT2D eigenvalue weighted by atomic mass is 16.6. The molecule has 1 aromatic heterocycles. The number of pyridine rings is 1. The van der Waals surface area contributed by atoms with Gasteiger partial charge in [-0.25, -0.2) is 4.79 Å². The molecule has 0 aliphatic carbocycles. The molecular weight excluding hydrogens is 414 g/mol. The minimum absolute atomic E-state index is 0.169. The normalized spacial score (nSPS) is 19.1. The van der Waals surface area contributed by atoms with Gasteiger partial charge in [-0.05, 0) is 49.6 Å². The third-order valence-corrected chi connectivity index (χ3v) is 5.52. The molecule has 2 aliphatic rings. The number of nitrogens with zero attached hydrogens (tertiary/aromatic N) is 5. The molecule has 10 nitrogen and oxygen atoms in total. The highest BCUT2D eigenvalue weighted by molar-refractivity contribution is 5.68. The summed E-state index contributed by atoms with van der Waals surface area (Å²) in [4.78, 5) is 32.3. The van der Waals surface area contributed by atoms with Crippen molar-refractivity contribution in [2.24, 2.45) is 0 Å². The van der Waals surface area contributed by atoms with Crippen molar-refractivity contribution in [1.29, 1.82) is 0 Å². The number of carbonyl (C=O) groups excluding carboxylic acids is 1. The van der Waals surface area contributed by atoms with Gasteiger partial charge in [0.15, 0.2) is 6.20 Å². The van der Waals surface area contributed by atoms with Crippen LogP contribution in [0.2, 0.25) is 0 Å². The Morgan fingerprint density at radius 3 is 2.22 bits per heavy atom. The molecule has 180 valence electrons. The van der Waals surface area contributed by atoms with Gasteiger partial charge in [0, 0.05) is 51.9 Å². The number of hydrogen-bond donors (Lipinski definition) is 1. The van der Waals surface area contributed by atoms with E-state index in [0.717, 1.165) is 5.69 Å². The first-order valence-electron chi connectivity index (χ1n) is 11.3. The van der Waals surface area contributed by atoms with Crippen LogP contribution in [0, 0.1) is 10.1 Å². The number of aromatic nitrogens is 1.